The average molecular weight is 376 g/mol. The van der Waals surface area contributed by atoms with Crippen LogP contribution in [0.4, 0.5) is 0 Å². The fourth-order valence-electron chi connectivity index (χ4n) is 5.84. The molecular formula is C23H24N2O3. The summed E-state index contributed by atoms with van der Waals surface area (Å²) in [5, 5.41) is 0. The number of likely N-dealkylation sites (tertiary alicyclic amines) is 1. The maximum atomic E-state index is 13.4. The Balaban J connectivity index is 1.39. The van der Waals surface area contributed by atoms with Crippen LogP contribution in [0.5, 0.6) is 11.5 Å². The summed E-state index contributed by atoms with van der Waals surface area (Å²) in [7, 11) is 0. The van der Waals surface area contributed by atoms with Gasteiger partial charge in [-0.3, -0.25) is 9.69 Å². The largest absolute Gasteiger partial charge is 0.454 e. The van der Waals surface area contributed by atoms with Gasteiger partial charge in [0.1, 0.15) is 0 Å². The van der Waals surface area contributed by atoms with Gasteiger partial charge in [0.25, 0.3) is 5.91 Å². The number of nitrogens with zero attached hydrogens (tertiary/aromatic N) is 2. The summed E-state index contributed by atoms with van der Waals surface area (Å²) in [6.45, 7) is 3.37. The third kappa shape index (κ3) is 2.39. The van der Waals surface area contributed by atoms with Gasteiger partial charge in [-0.2, -0.15) is 0 Å². The maximum absolute atomic E-state index is 13.4. The van der Waals surface area contributed by atoms with E-state index in [9.17, 15) is 4.79 Å². The molecule has 4 saturated heterocycles. The molecule has 7 rings (SSSR count). The van der Waals surface area contributed by atoms with Crippen molar-refractivity contribution in [1.29, 1.82) is 0 Å². The highest BCUT2D eigenvalue weighted by Gasteiger charge is 2.54. The van der Waals surface area contributed by atoms with Crippen molar-refractivity contribution >= 4 is 5.91 Å². The molecule has 2 bridgehead atoms. The summed E-state index contributed by atoms with van der Waals surface area (Å²) in [5.41, 5.74) is 2.05. The highest BCUT2D eigenvalue weighted by atomic mass is 16.7. The van der Waals surface area contributed by atoms with E-state index in [-0.39, 0.29) is 5.91 Å². The van der Waals surface area contributed by atoms with E-state index in [2.05, 4.69) is 21.9 Å². The molecule has 5 aliphatic rings. The zero-order chi connectivity index (χ0) is 18.7. The van der Waals surface area contributed by atoms with Gasteiger partial charge >= 0.3 is 0 Å². The number of fused-ring (bicyclic) bond motifs is 3. The number of rotatable bonds is 2. The second-order valence-electron chi connectivity index (χ2n) is 8.40. The molecule has 0 saturated carbocycles. The molecule has 2 aromatic carbocycles. The van der Waals surface area contributed by atoms with E-state index in [4.69, 9.17) is 9.47 Å². The molecule has 3 atom stereocenters. The standard InChI is InChI=1S/C23H24N2O3/c26-23(16-4-2-1-3-5-16)25-13-18(17-6-7-19-20(12-17)28-14-27-19)22-21(25)15-8-10-24(22)11-9-15/h1-7,12,15,18,21-22H,8-11,13-14H2/t18-,21+,22+/m1/s1. The third-order valence-corrected chi connectivity index (χ3v) is 7.10. The maximum Gasteiger partial charge on any atom is 0.254 e. The minimum Gasteiger partial charge on any atom is -0.454 e. The van der Waals surface area contributed by atoms with Crippen molar-refractivity contribution in [3.8, 4) is 11.5 Å². The SMILES string of the molecule is O=C(c1ccccc1)N1C[C@H](c2ccc3c(c2)OCO3)[C@H]2[C@@H]1C1CCN2CC1. The molecule has 0 radical (unpaired) electrons. The van der Waals surface area contributed by atoms with E-state index in [1.54, 1.807) is 0 Å². The number of amides is 1. The topological polar surface area (TPSA) is 42.0 Å². The molecule has 5 heteroatoms. The van der Waals surface area contributed by atoms with Crippen molar-refractivity contribution in [2.75, 3.05) is 26.4 Å². The summed E-state index contributed by atoms with van der Waals surface area (Å²) in [6.07, 6.45) is 2.40. The van der Waals surface area contributed by atoms with Gasteiger partial charge < -0.3 is 14.4 Å². The fourth-order valence-corrected chi connectivity index (χ4v) is 5.84. The van der Waals surface area contributed by atoms with Crippen molar-refractivity contribution in [3.63, 3.8) is 0 Å². The van der Waals surface area contributed by atoms with E-state index in [0.717, 1.165) is 36.7 Å². The lowest BCUT2D eigenvalue weighted by molar-refractivity contribution is -0.00341. The van der Waals surface area contributed by atoms with Crippen molar-refractivity contribution in [2.45, 2.75) is 30.8 Å². The van der Waals surface area contributed by atoms with E-state index in [1.165, 1.54) is 18.4 Å². The average Bonchev–Trinajstić information content (AvgIpc) is 3.40. The lowest BCUT2D eigenvalue weighted by Gasteiger charge is -2.51. The predicted molar refractivity (Wildman–Crippen MR) is 105 cm³/mol. The zero-order valence-corrected chi connectivity index (χ0v) is 15.8. The molecule has 1 amide bonds. The van der Waals surface area contributed by atoms with Gasteiger partial charge in [0.05, 0.1) is 6.04 Å². The van der Waals surface area contributed by atoms with Crippen LogP contribution < -0.4 is 9.47 Å². The first kappa shape index (κ1) is 16.4. The van der Waals surface area contributed by atoms with Crippen LogP contribution in [-0.4, -0.2) is 54.2 Å². The molecule has 0 unspecified atom stereocenters. The van der Waals surface area contributed by atoms with Crippen molar-refractivity contribution in [3.05, 3.63) is 59.7 Å². The molecular weight excluding hydrogens is 352 g/mol. The van der Waals surface area contributed by atoms with Gasteiger partial charge in [-0.15, -0.1) is 0 Å². The fraction of sp³-hybridized carbons (Fsp3) is 0.435. The van der Waals surface area contributed by atoms with Crippen LogP contribution in [0, 0.1) is 5.92 Å². The predicted octanol–water partition coefficient (Wildman–Crippen LogP) is 3.12. The third-order valence-electron chi connectivity index (χ3n) is 7.10. The molecule has 5 nitrogen and oxygen atoms in total. The Bertz CT molecular complexity index is 907. The zero-order valence-electron chi connectivity index (χ0n) is 15.8. The molecule has 0 N–H and O–H groups in total. The lowest BCUT2D eigenvalue weighted by atomic mass is 9.75. The van der Waals surface area contributed by atoms with Crippen LogP contribution in [0.3, 0.4) is 0 Å². The first-order valence-corrected chi connectivity index (χ1v) is 10.3. The molecule has 5 aliphatic heterocycles. The molecule has 144 valence electrons. The summed E-state index contributed by atoms with van der Waals surface area (Å²) >= 11 is 0. The van der Waals surface area contributed by atoms with Crippen molar-refractivity contribution in [1.82, 2.24) is 9.80 Å². The number of benzene rings is 2. The van der Waals surface area contributed by atoms with E-state index < -0.39 is 0 Å². The second kappa shape index (κ2) is 6.24. The molecule has 0 spiro atoms. The number of hydrogen-bond donors (Lipinski definition) is 0. The van der Waals surface area contributed by atoms with Crippen LogP contribution in [-0.2, 0) is 0 Å². The van der Waals surface area contributed by atoms with Gasteiger partial charge in [-0.25, -0.2) is 0 Å². The highest BCUT2D eigenvalue weighted by Crippen LogP contribution is 2.48. The summed E-state index contributed by atoms with van der Waals surface area (Å²) < 4.78 is 11.1. The normalized spacial score (nSPS) is 32.4. The van der Waals surface area contributed by atoms with Gasteiger partial charge in [0.15, 0.2) is 11.5 Å². The minimum absolute atomic E-state index is 0.174. The summed E-state index contributed by atoms with van der Waals surface area (Å²) in [6, 6.07) is 16.8. The van der Waals surface area contributed by atoms with E-state index >= 15 is 0 Å². The van der Waals surface area contributed by atoms with Crippen LogP contribution in [0.15, 0.2) is 48.5 Å². The number of carbonyl (C=O) groups is 1. The first-order valence-electron chi connectivity index (χ1n) is 10.3. The quantitative estimate of drug-likeness (QED) is 0.808. The van der Waals surface area contributed by atoms with Crippen LogP contribution in [0.25, 0.3) is 0 Å². The Morgan fingerprint density at radius 3 is 2.54 bits per heavy atom. The molecule has 5 heterocycles. The molecule has 4 fully saturated rings. The van der Waals surface area contributed by atoms with Gasteiger partial charge in [-0.1, -0.05) is 24.3 Å². The Hall–Kier alpha value is -2.53. The Labute approximate surface area is 164 Å². The van der Waals surface area contributed by atoms with Crippen LogP contribution in [0.1, 0.15) is 34.7 Å². The Morgan fingerprint density at radius 1 is 0.929 bits per heavy atom. The van der Waals surface area contributed by atoms with Crippen LogP contribution >= 0.6 is 0 Å². The lowest BCUT2D eigenvalue weighted by Crippen LogP contribution is -2.60. The second-order valence-corrected chi connectivity index (χ2v) is 8.40. The number of piperidine rings is 3. The van der Waals surface area contributed by atoms with Gasteiger partial charge in [0, 0.05) is 24.1 Å². The van der Waals surface area contributed by atoms with Gasteiger partial charge in [-0.05, 0) is 61.7 Å². The van der Waals surface area contributed by atoms with Crippen LogP contribution in [0.2, 0.25) is 0 Å². The molecule has 28 heavy (non-hydrogen) atoms. The Morgan fingerprint density at radius 2 is 1.71 bits per heavy atom. The number of ether oxygens (including phenoxy) is 2. The molecule has 0 aromatic heterocycles. The number of hydrogen-bond acceptors (Lipinski definition) is 4. The highest BCUT2D eigenvalue weighted by molar-refractivity contribution is 5.94. The van der Waals surface area contributed by atoms with E-state index in [0.29, 0.717) is 30.7 Å². The summed E-state index contributed by atoms with van der Waals surface area (Å²) in [4.78, 5) is 18.2. The van der Waals surface area contributed by atoms with Crippen molar-refractivity contribution in [2.24, 2.45) is 5.92 Å². The Kier molecular flexibility index (Phi) is 3.66. The first-order chi connectivity index (χ1) is 13.8. The minimum atomic E-state index is 0.174. The monoisotopic (exact) mass is 376 g/mol. The van der Waals surface area contributed by atoms with E-state index in [1.807, 2.05) is 36.4 Å². The smallest absolute Gasteiger partial charge is 0.254 e. The molecule has 0 aliphatic carbocycles. The molecule has 2 aromatic rings. The van der Waals surface area contributed by atoms with Gasteiger partial charge in [0.2, 0.25) is 6.79 Å². The summed E-state index contributed by atoms with van der Waals surface area (Å²) in [5.74, 6) is 2.75. The van der Waals surface area contributed by atoms with Crippen molar-refractivity contribution < 1.29 is 14.3 Å². The number of carbonyl (C=O) groups excluding carboxylic acids is 1.